The van der Waals surface area contributed by atoms with Crippen molar-refractivity contribution in [3.63, 3.8) is 0 Å². The lowest BCUT2D eigenvalue weighted by Gasteiger charge is -2.48. The lowest BCUT2D eigenvalue weighted by Crippen LogP contribution is -2.58. The molecule has 0 aromatic carbocycles. The maximum atomic E-state index is 14.4. The number of carbonyl (C=O) groups excluding carboxylic acids is 1. The minimum atomic E-state index is -0.830. The SMILES string of the molecule is CCOC(=O)N1CC2(CC[C@@H](N3CCN(c4ncc(F)cc4-c4cc(F)ncc4F)CC3)C2)C1. The molecule has 1 aliphatic carbocycles. The van der Waals surface area contributed by atoms with Crippen molar-refractivity contribution in [3.05, 3.63) is 42.1 Å². The number of hydrogen-bond acceptors (Lipinski definition) is 6. The van der Waals surface area contributed by atoms with Gasteiger partial charge in [0.05, 0.1) is 19.0 Å². The number of piperazine rings is 1. The van der Waals surface area contributed by atoms with Crippen LogP contribution in [0.4, 0.5) is 23.8 Å². The molecular weight excluding hydrogens is 447 g/mol. The van der Waals surface area contributed by atoms with E-state index in [9.17, 15) is 18.0 Å². The Hall–Kier alpha value is -2.88. The Morgan fingerprint density at radius 3 is 2.59 bits per heavy atom. The van der Waals surface area contributed by atoms with Gasteiger partial charge in [0, 0.05) is 67.9 Å². The first-order chi connectivity index (χ1) is 16.4. The highest BCUT2D eigenvalue weighted by atomic mass is 19.1. The number of aromatic nitrogens is 2. The summed E-state index contributed by atoms with van der Waals surface area (Å²) < 4.78 is 47.2. The molecule has 10 heteroatoms. The summed E-state index contributed by atoms with van der Waals surface area (Å²) in [6.07, 6.45) is 4.94. The molecule has 4 heterocycles. The van der Waals surface area contributed by atoms with E-state index in [1.165, 1.54) is 6.07 Å². The summed E-state index contributed by atoms with van der Waals surface area (Å²) >= 11 is 0. The molecule has 182 valence electrons. The number of likely N-dealkylation sites (tertiary alicyclic amines) is 1. The smallest absolute Gasteiger partial charge is 0.409 e. The van der Waals surface area contributed by atoms with E-state index < -0.39 is 17.6 Å². The summed E-state index contributed by atoms with van der Waals surface area (Å²) in [6.45, 7) is 6.64. The fourth-order valence-corrected chi connectivity index (χ4v) is 5.68. The minimum absolute atomic E-state index is 0.0502. The number of hydrogen-bond donors (Lipinski definition) is 0. The molecule has 3 aliphatic rings. The molecule has 7 nitrogen and oxygen atoms in total. The van der Waals surface area contributed by atoms with Crippen molar-refractivity contribution < 1.29 is 22.7 Å². The van der Waals surface area contributed by atoms with E-state index in [1.54, 1.807) is 4.90 Å². The normalized spacial score (nSPS) is 22.2. The van der Waals surface area contributed by atoms with Crippen LogP contribution in [0.5, 0.6) is 0 Å². The molecule has 1 saturated carbocycles. The maximum Gasteiger partial charge on any atom is 0.409 e. The number of carbonyl (C=O) groups is 1. The number of nitrogens with zero attached hydrogens (tertiary/aromatic N) is 5. The molecule has 34 heavy (non-hydrogen) atoms. The van der Waals surface area contributed by atoms with Crippen LogP contribution in [0, 0.1) is 23.0 Å². The Labute approximate surface area is 196 Å². The number of ether oxygens (including phenoxy) is 1. The minimum Gasteiger partial charge on any atom is -0.450 e. The fourth-order valence-electron chi connectivity index (χ4n) is 5.68. The van der Waals surface area contributed by atoms with Crippen molar-refractivity contribution in [1.29, 1.82) is 0 Å². The van der Waals surface area contributed by atoms with E-state index in [0.29, 0.717) is 31.6 Å². The third kappa shape index (κ3) is 4.31. The maximum absolute atomic E-state index is 14.4. The van der Waals surface area contributed by atoms with Crippen molar-refractivity contribution in [3.8, 4) is 11.1 Å². The average Bonchev–Trinajstić information content (AvgIpc) is 3.26. The first-order valence-corrected chi connectivity index (χ1v) is 11.8. The van der Waals surface area contributed by atoms with Gasteiger partial charge in [-0.1, -0.05) is 0 Å². The van der Waals surface area contributed by atoms with Gasteiger partial charge in [-0.05, 0) is 32.3 Å². The van der Waals surface area contributed by atoms with E-state index in [1.807, 2.05) is 11.8 Å². The molecule has 0 bridgehead atoms. The van der Waals surface area contributed by atoms with Crippen molar-refractivity contribution in [2.75, 3.05) is 50.8 Å². The lowest BCUT2D eigenvalue weighted by molar-refractivity contribution is -0.00294. The second kappa shape index (κ2) is 9.05. The quantitative estimate of drug-likeness (QED) is 0.629. The average molecular weight is 476 g/mol. The molecule has 2 aromatic heterocycles. The van der Waals surface area contributed by atoms with Gasteiger partial charge in [-0.15, -0.1) is 0 Å². The van der Waals surface area contributed by atoms with Gasteiger partial charge < -0.3 is 14.5 Å². The van der Waals surface area contributed by atoms with E-state index >= 15 is 0 Å². The molecule has 1 atom stereocenters. The first-order valence-electron chi connectivity index (χ1n) is 11.8. The summed E-state index contributed by atoms with van der Waals surface area (Å²) in [5, 5.41) is 0. The first kappa shape index (κ1) is 22.9. The highest BCUT2D eigenvalue weighted by Crippen LogP contribution is 2.47. The predicted molar refractivity (Wildman–Crippen MR) is 120 cm³/mol. The summed E-state index contributed by atoms with van der Waals surface area (Å²) in [7, 11) is 0. The van der Waals surface area contributed by atoms with Gasteiger partial charge in [0.25, 0.3) is 0 Å². The van der Waals surface area contributed by atoms with Gasteiger partial charge in [0.2, 0.25) is 5.95 Å². The lowest BCUT2D eigenvalue weighted by atomic mass is 9.78. The van der Waals surface area contributed by atoms with Crippen LogP contribution in [-0.2, 0) is 4.74 Å². The molecule has 5 rings (SSSR count). The zero-order chi connectivity index (χ0) is 23.9. The standard InChI is InChI=1S/C24H28F3N5O2/c1-2-34-23(33)32-14-24(15-32)4-3-17(11-24)30-5-7-31(8-6-30)22-19(9-16(25)12-29-22)18-10-21(27)28-13-20(18)26/h9-10,12-13,17H,2-8,11,14-15H2,1H3/t17-/m1/s1. The van der Waals surface area contributed by atoms with Gasteiger partial charge in [-0.3, -0.25) is 4.90 Å². The van der Waals surface area contributed by atoms with Crippen LogP contribution >= 0.6 is 0 Å². The van der Waals surface area contributed by atoms with E-state index in [2.05, 4.69) is 14.9 Å². The molecule has 2 aliphatic heterocycles. The number of rotatable bonds is 4. The van der Waals surface area contributed by atoms with Gasteiger partial charge >= 0.3 is 6.09 Å². The molecule has 0 radical (unpaired) electrons. The highest BCUT2D eigenvalue weighted by Gasteiger charge is 2.51. The van der Waals surface area contributed by atoms with Crippen LogP contribution in [0.15, 0.2) is 24.5 Å². The van der Waals surface area contributed by atoms with E-state index in [-0.39, 0.29) is 22.6 Å². The summed E-state index contributed by atoms with van der Waals surface area (Å²) in [6, 6.07) is 2.62. The van der Waals surface area contributed by atoms with Crippen LogP contribution in [0.1, 0.15) is 26.2 Å². The van der Waals surface area contributed by atoms with Crippen LogP contribution in [0.3, 0.4) is 0 Å². The van der Waals surface area contributed by atoms with E-state index in [4.69, 9.17) is 4.74 Å². The van der Waals surface area contributed by atoms with Crippen LogP contribution in [0.2, 0.25) is 0 Å². The largest absolute Gasteiger partial charge is 0.450 e. The van der Waals surface area contributed by atoms with Gasteiger partial charge in [0.1, 0.15) is 17.5 Å². The van der Waals surface area contributed by atoms with E-state index in [0.717, 1.165) is 63.9 Å². The van der Waals surface area contributed by atoms with Gasteiger partial charge in [0.15, 0.2) is 0 Å². The Kier molecular flexibility index (Phi) is 6.09. The topological polar surface area (TPSA) is 61.8 Å². The van der Waals surface area contributed by atoms with Crippen molar-refractivity contribution in [2.24, 2.45) is 5.41 Å². The number of pyridine rings is 2. The van der Waals surface area contributed by atoms with Crippen LogP contribution < -0.4 is 4.90 Å². The van der Waals surface area contributed by atoms with Gasteiger partial charge in [-0.2, -0.15) is 4.39 Å². The fraction of sp³-hybridized carbons (Fsp3) is 0.542. The number of halogens is 3. The van der Waals surface area contributed by atoms with Crippen molar-refractivity contribution in [2.45, 2.75) is 32.2 Å². The predicted octanol–water partition coefficient (Wildman–Crippen LogP) is 3.69. The molecule has 3 fully saturated rings. The third-order valence-electron chi connectivity index (χ3n) is 7.33. The Morgan fingerprint density at radius 1 is 1.09 bits per heavy atom. The molecule has 1 amide bonds. The van der Waals surface area contributed by atoms with Gasteiger partial charge in [-0.25, -0.2) is 23.5 Å². The van der Waals surface area contributed by atoms with Crippen LogP contribution in [0.25, 0.3) is 11.1 Å². The van der Waals surface area contributed by atoms with Crippen molar-refractivity contribution in [1.82, 2.24) is 19.8 Å². The monoisotopic (exact) mass is 475 g/mol. The molecule has 0 unspecified atom stereocenters. The molecule has 1 spiro atoms. The summed E-state index contributed by atoms with van der Waals surface area (Å²) in [4.78, 5) is 25.7. The highest BCUT2D eigenvalue weighted by molar-refractivity contribution is 5.76. The second-order valence-electron chi connectivity index (χ2n) is 9.49. The summed E-state index contributed by atoms with van der Waals surface area (Å²) in [5.41, 5.74) is 0.370. The number of anilines is 1. The Morgan fingerprint density at radius 2 is 1.85 bits per heavy atom. The Bertz CT molecular complexity index is 1070. The molecule has 2 saturated heterocycles. The number of amides is 1. The zero-order valence-electron chi connectivity index (χ0n) is 19.1. The molecule has 0 N–H and O–H groups in total. The van der Waals surface area contributed by atoms with Crippen molar-refractivity contribution >= 4 is 11.9 Å². The third-order valence-corrected chi connectivity index (χ3v) is 7.33. The molecular formula is C24H28F3N5O2. The second-order valence-corrected chi connectivity index (χ2v) is 9.49. The Balaban J connectivity index is 1.23. The van der Waals surface area contributed by atoms with Crippen LogP contribution in [-0.4, -0.2) is 77.8 Å². The zero-order valence-corrected chi connectivity index (χ0v) is 19.1. The molecule has 2 aromatic rings. The summed E-state index contributed by atoms with van der Waals surface area (Å²) in [5.74, 6) is -1.72.